The summed E-state index contributed by atoms with van der Waals surface area (Å²) in [6.45, 7) is 17.7. The van der Waals surface area contributed by atoms with Crippen molar-refractivity contribution in [2.45, 2.75) is 123 Å². The third-order valence-electron chi connectivity index (χ3n) is 17.6. The number of hydrogen-bond acceptors (Lipinski definition) is 19. The Bertz CT molecular complexity index is 3460. The van der Waals surface area contributed by atoms with Crippen LogP contribution in [0.25, 0.3) is 11.1 Å². The van der Waals surface area contributed by atoms with E-state index in [0.29, 0.717) is 97.1 Å². The van der Waals surface area contributed by atoms with Gasteiger partial charge in [-0.3, -0.25) is 14.5 Å². The number of rotatable bonds is 37. The SMILES string of the molecule is COc1ccc(C2=CN3C(=O)c4cc(OC)c(OCCCOc5cc6c(cc5OC)C(=O)N5C=C(c7ccc(OCCOCCCOCCCOCCCOCCCOCCN)cc7)CC5C(O[Si](C)(C)C(C)(C)C)N6C(=O)OCC(Cl)(Cl)Cl)cc4N(C(=O)OCC(Cl)(Cl)Cl)C(C)C3C2)cc1. The lowest BCUT2D eigenvalue weighted by Crippen LogP contribution is -2.58. The maximum absolute atomic E-state index is 15.3. The molecule has 0 spiro atoms. The van der Waals surface area contributed by atoms with Crippen molar-refractivity contribution in [3.8, 4) is 34.5 Å². The summed E-state index contributed by atoms with van der Waals surface area (Å²) in [6.07, 6.45) is 4.73. The van der Waals surface area contributed by atoms with E-state index in [-0.39, 0.29) is 76.6 Å². The predicted octanol–water partition coefficient (Wildman–Crippen LogP) is 14.4. The number of halogens is 6. The Balaban J connectivity index is 0.940. The van der Waals surface area contributed by atoms with Gasteiger partial charge in [0.25, 0.3) is 11.8 Å². The molecule has 0 aromatic heterocycles. The molecule has 30 heteroatoms. The van der Waals surface area contributed by atoms with Crippen LogP contribution in [-0.2, 0) is 37.6 Å². The second-order valence-electron chi connectivity index (χ2n) is 25.8. The number of alkyl halides is 6. The molecular formula is C71H93Cl6N5O18Si. The van der Waals surface area contributed by atoms with Crippen LogP contribution in [0.2, 0.25) is 18.1 Å². The molecule has 0 aliphatic carbocycles. The molecule has 4 aromatic carbocycles. The third kappa shape index (κ3) is 22.4. The topological polar surface area (TPSA) is 236 Å². The maximum Gasteiger partial charge on any atom is 0.416 e. The number of anilines is 2. The quantitative estimate of drug-likeness (QED) is 0.0251. The van der Waals surface area contributed by atoms with Crippen molar-refractivity contribution in [1.82, 2.24) is 9.80 Å². The first-order valence-corrected chi connectivity index (χ1v) is 38.8. The molecular weight excluding hydrogens is 1450 g/mol. The fourth-order valence-corrected chi connectivity index (χ4v) is 13.0. The monoisotopic (exact) mass is 1540 g/mol. The Hall–Kier alpha value is -5.68. The third-order valence-corrected chi connectivity index (χ3v) is 22.7. The summed E-state index contributed by atoms with van der Waals surface area (Å²) in [4.78, 5) is 65.1. The van der Waals surface area contributed by atoms with Gasteiger partial charge in [0.1, 0.15) is 31.3 Å². The number of methoxy groups -OCH3 is 3. The standard InChI is InChI=1S/C71H93Cl6N5O18Si/c1-47-56-37-50(48-15-19-52(87-5)20-16-48)43-79(56)64(83)54-39-60(88-6)62(41-57(54)81(47)67(85)98-45-70(72,73)74)96-32-14-33-97-63-42-58-55(40-61(63)89-7)65(84)80-44-51(38-59(80)66(100-101(8,9)69(2,3)4)82(58)68(86)99-46-71(75,76)77)49-17-21-53(22-18-49)95-36-35-94-31-13-29-92-27-11-25-90-24-10-26-91-28-12-30-93-34-23-78/h15-22,39-44,47,56,59,66H,10-14,23-38,45-46,78H2,1-9H3. The first-order valence-electron chi connectivity index (χ1n) is 33.6. The molecule has 0 saturated carbocycles. The maximum atomic E-state index is 15.3. The van der Waals surface area contributed by atoms with Crippen LogP contribution in [0.15, 0.2) is 85.2 Å². The van der Waals surface area contributed by atoms with E-state index >= 15 is 4.79 Å². The minimum Gasteiger partial charge on any atom is -0.497 e. The van der Waals surface area contributed by atoms with Crippen LogP contribution in [0.1, 0.15) is 104 Å². The predicted molar refractivity (Wildman–Crippen MR) is 393 cm³/mol. The van der Waals surface area contributed by atoms with E-state index in [9.17, 15) is 14.4 Å². The van der Waals surface area contributed by atoms with Crippen molar-refractivity contribution in [2.75, 3.05) is 137 Å². The number of carbonyl (C=O) groups excluding carboxylic acids is 4. The second kappa shape index (κ2) is 37.8. The molecule has 4 amide bonds. The summed E-state index contributed by atoms with van der Waals surface area (Å²) < 4.78 is 78.9. The lowest BCUT2D eigenvalue weighted by atomic mass is 9.98. The fourth-order valence-electron chi connectivity index (χ4n) is 11.4. The second-order valence-corrected chi connectivity index (χ2v) is 35.6. The number of benzene rings is 4. The molecule has 0 radical (unpaired) electrons. The average molecular weight is 1550 g/mol. The highest BCUT2D eigenvalue weighted by Crippen LogP contribution is 2.49. The normalized spacial score (nSPS) is 17.7. The number of ether oxygens (including phenoxy) is 13. The van der Waals surface area contributed by atoms with Gasteiger partial charge in [-0.25, -0.2) is 14.5 Å². The van der Waals surface area contributed by atoms with Crippen molar-refractivity contribution in [3.05, 3.63) is 107 Å². The van der Waals surface area contributed by atoms with Gasteiger partial charge in [-0.15, -0.1) is 0 Å². The molecule has 556 valence electrons. The van der Waals surface area contributed by atoms with E-state index in [1.54, 1.807) is 35.4 Å². The summed E-state index contributed by atoms with van der Waals surface area (Å²) >= 11 is 36.8. The largest absolute Gasteiger partial charge is 0.497 e. The van der Waals surface area contributed by atoms with E-state index < -0.39 is 77.5 Å². The molecule has 4 aliphatic heterocycles. The lowest BCUT2D eigenvalue weighted by Gasteiger charge is -2.44. The zero-order chi connectivity index (χ0) is 73.1. The number of carbonyl (C=O) groups is 4. The van der Waals surface area contributed by atoms with Crippen LogP contribution >= 0.6 is 69.6 Å². The van der Waals surface area contributed by atoms with E-state index in [1.807, 2.05) is 68.5 Å². The van der Waals surface area contributed by atoms with Crippen LogP contribution in [0.4, 0.5) is 21.0 Å². The summed E-state index contributed by atoms with van der Waals surface area (Å²) in [5.41, 5.74) is 9.23. The molecule has 2 N–H and O–H groups in total. The number of fused-ring (bicyclic) bond motifs is 4. The Labute approximate surface area is 622 Å². The smallest absolute Gasteiger partial charge is 0.416 e. The molecule has 8 rings (SSSR count). The van der Waals surface area contributed by atoms with E-state index in [1.165, 1.54) is 42.2 Å². The van der Waals surface area contributed by atoms with Gasteiger partial charge in [-0.05, 0) is 122 Å². The van der Waals surface area contributed by atoms with Crippen LogP contribution in [-0.4, -0.2) is 201 Å². The first kappa shape index (κ1) is 81.0. The Morgan fingerprint density at radius 2 is 0.911 bits per heavy atom. The minimum absolute atomic E-state index is 0.00193. The number of nitrogens with two attached hydrogens (primary N) is 1. The highest BCUT2D eigenvalue weighted by Gasteiger charge is 2.52. The molecule has 4 aliphatic rings. The summed E-state index contributed by atoms with van der Waals surface area (Å²) in [7, 11) is 1.60. The zero-order valence-electron chi connectivity index (χ0n) is 58.6. The Morgan fingerprint density at radius 3 is 1.35 bits per heavy atom. The van der Waals surface area contributed by atoms with Gasteiger partial charge in [-0.1, -0.05) is 115 Å². The molecule has 4 heterocycles. The molecule has 101 heavy (non-hydrogen) atoms. The average Bonchev–Trinajstić information content (AvgIpc) is 1.62. The van der Waals surface area contributed by atoms with Gasteiger partial charge >= 0.3 is 12.2 Å². The van der Waals surface area contributed by atoms with Crippen LogP contribution in [0.3, 0.4) is 0 Å². The summed E-state index contributed by atoms with van der Waals surface area (Å²) in [5, 5.41) is -0.381. The molecule has 0 bridgehead atoms. The zero-order valence-corrected chi connectivity index (χ0v) is 64.2. The van der Waals surface area contributed by atoms with E-state index in [0.717, 1.165) is 48.0 Å². The van der Waals surface area contributed by atoms with E-state index in [2.05, 4.69) is 20.8 Å². The molecule has 4 aromatic rings. The fraction of sp³-hybridized carbons (Fsp3) is 0.549. The Morgan fingerprint density at radius 1 is 0.505 bits per heavy atom. The van der Waals surface area contributed by atoms with Crippen LogP contribution < -0.4 is 44.0 Å². The van der Waals surface area contributed by atoms with Crippen molar-refractivity contribution in [2.24, 2.45) is 5.73 Å². The summed E-state index contributed by atoms with van der Waals surface area (Å²) in [6, 6.07) is 19.1. The van der Waals surface area contributed by atoms with Crippen molar-refractivity contribution in [3.63, 3.8) is 0 Å². The van der Waals surface area contributed by atoms with Gasteiger partial charge < -0.3 is 81.5 Å². The molecule has 4 unspecified atom stereocenters. The molecule has 4 atom stereocenters. The molecule has 0 fully saturated rings. The van der Waals surface area contributed by atoms with Gasteiger partial charge in [0.15, 0.2) is 37.5 Å². The number of amides is 4. The van der Waals surface area contributed by atoms with Crippen molar-refractivity contribution >= 4 is 124 Å². The molecule has 23 nitrogen and oxygen atoms in total. The lowest BCUT2D eigenvalue weighted by molar-refractivity contribution is 0.0466. The van der Waals surface area contributed by atoms with Crippen LogP contribution in [0, 0.1) is 0 Å². The van der Waals surface area contributed by atoms with Gasteiger partial charge in [-0.2, -0.15) is 0 Å². The number of nitrogens with zero attached hydrogens (tertiary/aromatic N) is 4. The van der Waals surface area contributed by atoms with Gasteiger partial charge in [0.2, 0.25) is 7.59 Å². The highest BCUT2D eigenvalue weighted by atomic mass is 35.6. The Kier molecular flexibility index (Phi) is 30.3. The van der Waals surface area contributed by atoms with E-state index in [4.69, 9.17) is 141 Å². The molecule has 0 saturated heterocycles. The highest BCUT2D eigenvalue weighted by molar-refractivity contribution is 6.74. The number of hydrogen-bond donors (Lipinski definition) is 1. The summed E-state index contributed by atoms with van der Waals surface area (Å²) in [5.74, 6) is 1.16. The first-order chi connectivity index (χ1) is 48.2. The minimum atomic E-state index is -2.85. The van der Waals surface area contributed by atoms with Crippen molar-refractivity contribution in [1.29, 1.82) is 0 Å². The van der Waals surface area contributed by atoms with Crippen molar-refractivity contribution < 1.29 is 85.2 Å². The van der Waals surface area contributed by atoms with Crippen LogP contribution in [0.5, 0.6) is 34.5 Å². The van der Waals surface area contributed by atoms with Gasteiger partial charge in [0.05, 0.1) is 88.4 Å². The van der Waals surface area contributed by atoms with Gasteiger partial charge in [0, 0.05) is 90.4 Å².